The van der Waals surface area contributed by atoms with Gasteiger partial charge in [0.1, 0.15) is 11.5 Å². The fourth-order valence-electron chi connectivity index (χ4n) is 3.01. The number of nitrogens with one attached hydrogen (secondary N) is 2. The van der Waals surface area contributed by atoms with Crippen molar-refractivity contribution in [2.24, 2.45) is 11.3 Å². The molecule has 21 heavy (non-hydrogen) atoms. The highest BCUT2D eigenvalue weighted by Crippen LogP contribution is 2.61. The van der Waals surface area contributed by atoms with E-state index in [2.05, 4.69) is 10.3 Å². The number of ether oxygens (including phenoxy) is 1. The molecule has 4 N–H and O–H groups in total. The smallest absolute Gasteiger partial charge is 0.330 e. The highest BCUT2D eigenvalue weighted by molar-refractivity contribution is 5.60. The van der Waals surface area contributed by atoms with E-state index in [9.17, 15) is 9.59 Å². The summed E-state index contributed by atoms with van der Waals surface area (Å²) in [6.45, 7) is 1.44. The second kappa shape index (κ2) is 5.22. The molecular formula is C14H22N4O3. The van der Waals surface area contributed by atoms with E-state index < -0.39 is 11.2 Å². The van der Waals surface area contributed by atoms with Crippen LogP contribution in [0, 0.1) is 11.3 Å². The first kappa shape index (κ1) is 14.2. The Labute approximate surface area is 122 Å². The Hall–Kier alpha value is -1.76. The van der Waals surface area contributed by atoms with Gasteiger partial charge in [0, 0.05) is 13.7 Å². The molecule has 0 aliphatic heterocycles. The fourth-order valence-corrected chi connectivity index (χ4v) is 3.01. The van der Waals surface area contributed by atoms with Gasteiger partial charge in [0.25, 0.3) is 5.56 Å². The molecule has 3 rings (SSSR count). The molecule has 1 heterocycles. The molecule has 1 aromatic rings. The summed E-state index contributed by atoms with van der Waals surface area (Å²) in [7, 11) is 1.55. The van der Waals surface area contributed by atoms with Gasteiger partial charge in [-0.1, -0.05) is 0 Å². The largest absolute Gasteiger partial charge is 0.383 e. The predicted molar refractivity (Wildman–Crippen MR) is 80.5 cm³/mol. The van der Waals surface area contributed by atoms with Gasteiger partial charge < -0.3 is 15.8 Å². The van der Waals surface area contributed by atoms with E-state index in [0.717, 1.165) is 12.5 Å². The number of nitrogen functional groups attached to an aromatic ring is 1. The predicted octanol–water partition coefficient (Wildman–Crippen LogP) is 0.367. The van der Waals surface area contributed by atoms with E-state index in [1.165, 1.54) is 30.3 Å². The van der Waals surface area contributed by atoms with Crippen LogP contribution in [0.1, 0.15) is 25.7 Å². The van der Waals surface area contributed by atoms with Crippen molar-refractivity contribution < 1.29 is 4.74 Å². The Morgan fingerprint density at radius 2 is 2.14 bits per heavy atom. The van der Waals surface area contributed by atoms with Gasteiger partial charge in [0.05, 0.1) is 13.2 Å². The van der Waals surface area contributed by atoms with Gasteiger partial charge in [-0.05, 0) is 37.0 Å². The fraction of sp³-hybridized carbons (Fsp3) is 0.714. The van der Waals surface area contributed by atoms with Gasteiger partial charge in [-0.25, -0.2) is 4.79 Å². The third-order valence-corrected chi connectivity index (χ3v) is 4.71. The molecule has 1 aromatic heterocycles. The number of aromatic nitrogens is 2. The lowest BCUT2D eigenvalue weighted by atomic mass is 10.0. The topological polar surface area (TPSA) is 102 Å². The maximum absolute atomic E-state index is 12.0. The van der Waals surface area contributed by atoms with E-state index in [1.807, 2.05) is 0 Å². The molecule has 0 radical (unpaired) electrons. The molecule has 0 aromatic carbocycles. The van der Waals surface area contributed by atoms with E-state index in [1.54, 1.807) is 7.11 Å². The van der Waals surface area contributed by atoms with Crippen LogP contribution in [0.25, 0.3) is 0 Å². The van der Waals surface area contributed by atoms with Crippen LogP contribution in [0.2, 0.25) is 0 Å². The lowest BCUT2D eigenvalue weighted by Crippen LogP contribution is -2.35. The maximum atomic E-state index is 12.0. The summed E-state index contributed by atoms with van der Waals surface area (Å²) in [5.74, 6) is 0.983. The van der Waals surface area contributed by atoms with E-state index in [0.29, 0.717) is 24.3 Å². The number of anilines is 2. The summed E-state index contributed by atoms with van der Waals surface area (Å²) >= 11 is 0. The van der Waals surface area contributed by atoms with Crippen molar-refractivity contribution >= 4 is 11.5 Å². The normalized spacial score (nSPS) is 19.5. The molecule has 2 aliphatic rings. The second-order valence-corrected chi connectivity index (χ2v) is 6.15. The van der Waals surface area contributed by atoms with Gasteiger partial charge in [0.2, 0.25) is 0 Å². The quantitative estimate of drug-likeness (QED) is 0.674. The summed E-state index contributed by atoms with van der Waals surface area (Å²) in [4.78, 5) is 26.1. The SMILES string of the molecule is COCCn1c(N)c(NCC2(C3CC3)CC2)c(=O)[nH]c1=O. The number of methoxy groups -OCH3 is 1. The zero-order chi connectivity index (χ0) is 15.0. The summed E-state index contributed by atoms with van der Waals surface area (Å²) < 4.78 is 6.30. The number of rotatable bonds is 7. The van der Waals surface area contributed by atoms with Gasteiger partial charge in [0.15, 0.2) is 0 Å². The summed E-state index contributed by atoms with van der Waals surface area (Å²) in [5, 5.41) is 3.18. The highest BCUT2D eigenvalue weighted by atomic mass is 16.5. The monoisotopic (exact) mass is 294 g/mol. The third-order valence-electron chi connectivity index (χ3n) is 4.71. The van der Waals surface area contributed by atoms with Crippen molar-refractivity contribution in [1.82, 2.24) is 9.55 Å². The Morgan fingerprint density at radius 1 is 1.43 bits per heavy atom. The molecule has 0 atom stereocenters. The number of hydrogen-bond donors (Lipinski definition) is 3. The number of nitrogens with zero attached hydrogens (tertiary/aromatic N) is 1. The number of hydrogen-bond acceptors (Lipinski definition) is 5. The molecule has 7 heteroatoms. The molecule has 0 bridgehead atoms. The molecule has 0 saturated heterocycles. The van der Waals surface area contributed by atoms with Crippen molar-refractivity contribution in [3.05, 3.63) is 20.8 Å². The first-order valence-corrected chi connectivity index (χ1v) is 7.43. The van der Waals surface area contributed by atoms with E-state index >= 15 is 0 Å². The maximum Gasteiger partial charge on any atom is 0.330 e. The van der Waals surface area contributed by atoms with Crippen LogP contribution in [0.4, 0.5) is 11.5 Å². The average molecular weight is 294 g/mol. The van der Waals surface area contributed by atoms with Crippen LogP contribution in [-0.4, -0.2) is 29.8 Å². The van der Waals surface area contributed by atoms with Crippen molar-refractivity contribution in [3.8, 4) is 0 Å². The minimum atomic E-state index is -0.497. The minimum absolute atomic E-state index is 0.187. The summed E-state index contributed by atoms with van der Waals surface area (Å²) in [6.07, 6.45) is 5.01. The minimum Gasteiger partial charge on any atom is -0.383 e. The van der Waals surface area contributed by atoms with Crippen molar-refractivity contribution in [2.75, 3.05) is 31.3 Å². The van der Waals surface area contributed by atoms with E-state index in [-0.39, 0.29) is 5.82 Å². The molecule has 2 saturated carbocycles. The second-order valence-electron chi connectivity index (χ2n) is 6.15. The van der Waals surface area contributed by atoms with Crippen molar-refractivity contribution in [1.29, 1.82) is 0 Å². The van der Waals surface area contributed by atoms with Crippen molar-refractivity contribution in [2.45, 2.75) is 32.2 Å². The Balaban J connectivity index is 1.80. The molecule has 116 valence electrons. The Kier molecular flexibility index (Phi) is 3.52. The van der Waals surface area contributed by atoms with Crippen LogP contribution in [0.15, 0.2) is 9.59 Å². The molecular weight excluding hydrogens is 272 g/mol. The van der Waals surface area contributed by atoms with Crippen LogP contribution < -0.4 is 22.3 Å². The highest BCUT2D eigenvalue weighted by Gasteiger charge is 2.53. The van der Waals surface area contributed by atoms with Crippen LogP contribution >= 0.6 is 0 Å². The number of nitrogens with two attached hydrogens (primary N) is 1. The molecule has 0 spiro atoms. The first-order chi connectivity index (χ1) is 10.1. The Morgan fingerprint density at radius 3 is 2.71 bits per heavy atom. The third kappa shape index (κ3) is 2.70. The Bertz CT molecular complexity index is 641. The van der Waals surface area contributed by atoms with Crippen molar-refractivity contribution in [3.63, 3.8) is 0 Å². The first-order valence-electron chi connectivity index (χ1n) is 7.43. The number of aromatic amines is 1. The van der Waals surface area contributed by atoms with Gasteiger partial charge in [-0.3, -0.25) is 14.3 Å². The van der Waals surface area contributed by atoms with Crippen LogP contribution in [0.3, 0.4) is 0 Å². The molecule has 2 aliphatic carbocycles. The van der Waals surface area contributed by atoms with Crippen LogP contribution in [0.5, 0.6) is 0 Å². The zero-order valence-electron chi connectivity index (χ0n) is 12.3. The molecule has 0 amide bonds. The average Bonchev–Trinajstić information content (AvgIpc) is 3.30. The van der Waals surface area contributed by atoms with Gasteiger partial charge in [-0.2, -0.15) is 0 Å². The number of H-pyrrole nitrogens is 1. The van der Waals surface area contributed by atoms with Gasteiger partial charge >= 0.3 is 5.69 Å². The van der Waals surface area contributed by atoms with Crippen LogP contribution in [-0.2, 0) is 11.3 Å². The lowest BCUT2D eigenvalue weighted by Gasteiger charge is -2.18. The summed E-state index contributed by atoms with van der Waals surface area (Å²) in [6, 6.07) is 0. The molecule has 0 unspecified atom stereocenters. The standard InChI is InChI=1S/C14H22N4O3/c1-21-7-6-18-11(15)10(12(19)17-13(18)20)16-8-14(4-5-14)9-2-3-9/h9,16H,2-8,15H2,1H3,(H,17,19,20). The summed E-state index contributed by atoms with van der Waals surface area (Å²) in [5.41, 5.74) is 5.71. The molecule has 7 nitrogen and oxygen atoms in total. The zero-order valence-corrected chi connectivity index (χ0v) is 12.3. The molecule has 2 fully saturated rings. The lowest BCUT2D eigenvalue weighted by molar-refractivity contribution is 0.186. The van der Waals surface area contributed by atoms with Gasteiger partial charge in [-0.15, -0.1) is 0 Å². The van der Waals surface area contributed by atoms with E-state index in [4.69, 9.17) is 10.5 Å².